The number of aromatic hydroxyl groups is 1. The Morgan fingerprint density at radius 3 is 2.31 bits per heavy atom. The summed E-state index contributed by atoms with van der Waals surface area (Å²) in [6.45, 7) is 3.25. The van der Waals surface area contributed by atoms with Gasteiger partial charge in [0.15, 0.2) is 6.61 Å². The lowest BCUT2D eigenvalue weighted by Crippen LogP contribution is -2.21. The van der Waals surface area contributed by atoms with Crippen molar-refractivity contribution in [2.45, 2.75) is 13.8 Å². The van der Waals surface area contributed by atoms with Gasteiger partial charge in [-0.3, -0.25) is 4.79 Å². The van der Waals surface area contributed by atoms with E-state index in [1.54, 1.807) is 19.9 Å². The van der Waals surface area contributed by atoms with Crippen LogP contribution >= 0.6 is 0 Å². The van der Waals surface area contributed by atoms with Gasteiger partial charge in [-0.05, 0) is 55.8 Å². The van der Waals surface area contributed by atoms with Crippen LogP contribution in [0.15, 0.2) is 42.5 Å². The minimum absolute atomic E-state index is 0.0119. The van der Waals surface area contributed by atoms with Crippen LogP contribution < -0.4 is 5.32 Å². The highest BCUT2D eigenvalue weighted by Crippen LogP contribution is 2.19. The van der Waals surface area contributed by atoms with Crippen molar-refractivity contribution in [1.29, 1.82) is 0 Å². The number of amides is 1. The first-order chi connectivity index (χ1) is 12.4. The van der Waals surface area contributed by atoms with Crippen LogP contribution in [0.3, 0.4) is 0 Å². The molecule has 0 atom stereocenters. The van der Waals surface area contributed by atoms with Crippen molar-refractivity contribution in [3.05, 3.63) is 59.2 Å². The van der Waals surface area contributed by atoms with Gasteiger partial charge in [0.05, 0.1) is 12.2 Å². The molecule has 0 fully saturated rings. The molecular formula is C19H19NO6. The maximum Gasteiger partial charge on any atom is 0.342 e. The van der Waals surface area contributed by atoms with E-state index in [-0.39, 0.29) is 17.9 Å². The van der Waals surface area contributed by atoms with E-state index in [0.29, 0.717) is 11.3 Å². The number of nitrogens with one attached hydrogen (secondary N) is 1. The van der Waals surface area contributed by atoms with Gasteiger partial charge in [0.25, 0.3) is 5.91 Å². The number of ether oxygens (including phenoxy) is 2. The predicted molar refractivity (Wildman–Crippen MR) is 94.2 cm³/mol. The van der Waals surface area contributed by atoms with Gasteiger partial charge in [0.1, 0.15) is 11.3 Å². The molecule has 0 radical (unpaired) electrons. The number of carbonyl (C=O) groups excluding carboxylic acids is 3. The molecule has 0 saturated heterocycles. The molecular weight excluding hydrogens is 338 g/mol. The summed E-state index contributed by atoms with van der Waals surface area (Å²) in [5, 5.41) is 12.3. The van der Waals surface area contributed by atoms with E-state index in [2.05, 4.69) is 5.32 Å². The number of phenols is 1. The smallest absolute Gasteiger partial charge is 0.342 e. The summed E-state index contributed by atoms with van der Waals surface area (Å²) in [6, 6.07) is 10.6. The minimum atomic E-state index is -0.796. The standard InChI is InChI=1S/C19H19NO6/c1-3-25-18(23)13-5-7-14(8-6-13)20-17(22)11-26-19(24)15-9-4-12(2)10-16(15)21/h4-10,21H,3,11H2,1-2H3,(H,20,22). The lowest BCUT2D eigenvalue weighted by molar-refractivity contribution is -0.119. The third-order valence-corrected chi connectivity index (χ3v) is 3.39. The Kier molecular flexibility index (Phi) is 6.32. The van der Waals surface area contributed by atoms with Crippen molar-refractivity contribution >= 4 is 23.5 Å². The van der Waals surface area contributed by atoms with E-state index >= 15 is 0 Å². The molecule has 0 aliphatic rings. The molecule has 2 rings (SSSR count). The minimum Gasteiger partial charge on any atom is -0.507 e. The number of carbonyl (C=O) groups is 3. The van der Waals surface area contributed by atoms with Crippen LogP contribution in [0.25, 0.3) is 0 Å². The van der Waals surface area contributed by atoms with Crippen LogP contribution in [-0.4, -0.2) is 36.2 Å². The SMILES string of the molecule is CCOC(=O)c1ccc(NC(=O)COC(=O)c2ccc(C)cc2O)cc1. The number of hydrogen-bond acceptors (Lipinski definition) is 6. The molecule has 0 aliphatic heterocycles. The molecule has 26 heavy (non-hydrogen) atoms. The van der Waals surface area contributed by atoms with Crippen LogP contribution in [-0.2, 0) is 14.3 Å². The summed E-state index contributed by atoms with van der Waals surface area (Å²) in [5.74, 6) is -1.99. The average molecular weight is 357 g/mol. The van der Waals surface area contributed by atoms with Gasteiger partial charge in [0, 0.05) is 5.69 Å². The molecule has 0 bridgehead atoms. The number of rotatable bonds is 6. The van der Waals surface area contributed by atoms with Crippen molar-refractivity contribution in [2.24, 2.45) is 0 Å². The summed E-state index contributed by atoms with van der Waals surface area (Å²) in [4.78, 5) is 35.3. The summed E-state index contributed by atoms with van der Waals surface area (Å²) in [6.07, 6.45) is 0. The lowest BCUT2D eigenvalue weighted by atomic mass is 10.1. The maximum absolute atomic E-state index is 11.9. The number of benzene rings is 2. The highest BCUT2D eigenvalue weighted by molar-refractivity contribution is 5.97. The zero-order valence-corrected chi connectivity index (χ0v) is 14.4. The second kappa shape index (κ2) is 8.66. The molecule has 0 aliphatic carbocycles. The summed E-state index contributed by atoms with van der Waals surface area (Å²) < 4.78 is 9.76. The predicted octanol–water partition coefficient (Wildman–Crippen LogP) is 2.67. The third-order valence-electron chi connectivity index (χ3n) is 3.39. The topological polar surface area (TPSA) is 102 Å². The van der Waals surface area contributed by atoms with Crippen LogP contribution in [0.4, 0.5) is 5.69 Å². The van der Waals surface area contributed by atoms with Crippen LogP contribution in [0.5, 0.6) is 5.75 Å². The fraction of sp³-hybridized carbons (Fsp3) is 0.211. The Bertz CT molecular complexity index is 813. The number of esters is 2. The molecule has 0 saturated carbocycles. The monoisotopic (exact) mass is 357 g/mol. The first-order valence-corrected chi connectivity index (χ1v) is 7.94. The van der Waals surface area contributed by atoms with E-state index < -0.39 is 24.5 Å². The number of aryl methyl sites for hydroxylation is 1. The lowest BCUT2D eigenvalue weighted by Gasteiger charge is -2.08. The van der Waals surface area contributed by atoms with E-state index in [9.17, 15) is 19.5 Å². The zero-order valence-electron chi connectivity index (χ0n) is 14.4. The summed E-state index contributed by atoms with van der Waals surface area (Å²) in [7, 11) is 0. The van der Waals surface area contributed by atoms with E-state index in [1.807, 2.05) is 0 Å². The quantitative estimate of drug-likeness (QED) is 0.771. The highest BCUT2D eigenvalue weighted by atomic mass is 16.5. The number of phenolic OH excluding ortho intramolecular Hbond substituents is 1. The Hall–Kier alpha value is -3.35. The summed E-state index contributed by atoms with van der Waals surface area (Å²) >= 11 is 0. The van der Waals surface area contributed by atoms with Gasteiger partial charge < -0.3 is 19.9 Å². The fourth-order valence-corrected chi connectivity index (χ4v) is 2.12. The first-order valence-electron chi connectivity index (χ1n) is 7.94. The highest BCUT2D eigenvalue weighted by Gasteiger charge is 2.14. The van der Waals surface area contributed by atoms with E-state index in [4.69, 9.17) is 9.47 Å². The molecule has 2 N–H and O–H groups in total. The maximum atomic E-state index is 11.9. The van der Waals surface area contributed by atoms with Crippen molar-refractivity contribution in [3.8, 4) is 5.75 Å². The normalized spacial score (nSPS) is 10.1. The average Bonchev–Trinajstić information content (AvgIpc) is 2.60. The van der Waals surface area contributed by atoms with Crippen LogP contribution in [0, 0.1) is 6.92 Å². The Labute approximate surface area is 150 Å². The van der Waals surface area contributed by atoms with Gasteiger partial charge in [-0.25, -0.2) is 9.59 Å². The van der Waals surface area contributed by atoms with Gasteiger partial charge in [-0.2, -0.15) is 0 Å². The van der Waals surface area contributed by atoms with Crippen molar-refractivity contribution in [2.75, 3.05) is 18.5 Å². The molecule has 2 aromatic carbocycles. The number of anilines is 1. The van der Waals surface area contributed by atoms with Crippen LogP contribution in [0.2, 0.25) is 0 Å². The molecule has 7 heteroatoms. The van der Waals surface area contributed by atoms with Gasteiger partial charge in [-0.15, -0.1) is 0 Å². The third kappa shape index (κ3) is 5.07. The van der Waals surface area contributed by atoms with Crippen molar-refractivity contribution < 1.29 is 29.0 Å². The van der Waals surface area contributed by atoms with Crippen molar-refractivity contribution in [1.82, 2.24) is 0 Å². The Morgan fingerprint density at radius 1 is 1.00 bits per heavy atom. The molecule has 7 nitrogen and oxygen atoms in total. The first kappa shape index (κ1) is 19.0. The van der Waals surface area contributed by atoms with E-state index in [1.165, 1.54) is 36.4 Å². The Balaban J connectivity index is 1.88. The molecule has 0 heterocycles. The molecule has 136 valence electrons. The molecule has 0 unspecified atom stereocenters. The van der Waals surface area contributed by atoms with Crippen LogP contribution in [0.1, 0.15) is 33.2 Å². The van der Waals surface area contributed by atoms with Gasteiger partial charge >= 0.3 is 11.9 Å². The second-order valence-corrected chi connectivity index (χ2v) is 5.44. The molecule has 1 amide bonds. The summed E-state index contributed by atoms with van der Waals surface area (Å²) in [5.41, 5.74) is 1.59. The molecule has 0 aromatic heterocycles. The van der Waals surface area contributed by atoms with Gasteiger partial charge in [-0.1, -0.05) is 6.07 Å². The Morgan fingerprint density at radius 2 is 1.69 bits per heavy atom. The number of hydrogen-bond donors (Lipinski definition) is 2. The second-order valence-electron chi connectivity index (χ2n) is 5.44. The molecule has 2 aromatic rings. The van der Waals surface area contributed by atoms with Gasteiger partial charge in [0.2, 0.25) is 0 Å². The molecule has 0 spiro atoms. The fourth-order valence-electron chi connectivity index (χ4n) is 2.12. The van der Waals surface area contributed by atoms with Crippen molar-refractivity contribution in [3.63, 3.8) is 0 Å². The zero-order chi connectivity index (χ0) is 19.1. The van der Waals surface area contributed by atoms with E-state index in [0.717, 1.165) is 5.56 Å². The largest absolute Gasteiger partial charge is 0.507 e.